The number of imidazole rings is 1. The lowest BCUT2D eigenvalue weighted by Gasteiger charge is -2.07. The summed E-state index contributed by atoms with van der Waals surface area (Å²) in [5, 5.41) is 7.80. The number of nitrogen functional groups attached to an aromatic ring is 1. The molecule has 0 unspecified atom stereocenters. The molecule has 4 aromatic heterocycles. The third kappa shape index (κ3) is 6.09. The van der Waals surface area contributed by atoms with Crippen LogP contribution >= 0.6 is 11.3 Å². The number of pyridine rings is 1. The molecule has 0 atom stereocenters. The lowest BCUT2D eigenvalue weighted by atomic mass is 10.2. The van der Waals surface area contributed by atoms with E-state index in [4.69, 9.17) is 10.7 Å². The van der Waals surface area contributed by atoms with Crippen molar-refractivity contribution in [2.24, 2.45) is 0 Å². The van der Waals surface area contributed by atoms with Gasteiger partial charge in [-0.25, -0.2) is 19.9 Å². The van der Waals surface area contributed by atoms with Crippen molar-refractivity contribution in [2.45, 2.75) is 40.2 Å². The molecule has 0 aliphatic rings. The summed E-state index contributed by atoms with van der Waals surface area (Å²) in [6, 6.07) is 9.93. The number of aryl methyl sites for hydroxylation is 1. The molecule has 0 fully saturated rings. The van der Waals surface area contributed by atoms with Gasteiger partial charge in [-0.3, -0.25) is 4.98 Å². The molecular weight excluding hydrogens is 458 g/mol. The van der Waals surface area contributed by atoms with E-state index in [-0.39, 0.29) is 0 Å². The quantitative estimate of drug-likeness (QED) is 0.226. The predicted octanol–water partition coefficient (Wildman–Crippen LogP) is 4.26. The Morgan fingerprint density at radius 3 is 2.74 bits per heavy atom. The molecule has 0 saturated heterocycles. The van der Waals surface area contributed by atoms with Gasteiger partial charge in [0.15, 0.2) is 5.82 Å². The summed E-state index contributed by atoms with van der Waals surface area (Å²) >= 11 is 1.59. The molecule has 182 valence electrons. The summed E-state index contributed by atoms with van der Waals surface area (Å²) in [4.78, 5) is 26.7. The highest BCUT2D eigenvalue weighted by Crippen LogP contribution is 2.25. The first-order chi connectivity index (χ1) is 17.2. The van der Waals surface area contributed by atoms with Crippen LogP contribution in [0.1, 0.15) is 35.9 Å². The molecule has 1 aromatic carbocycles. The van der Waals surface area contributed by atoms with E-state index in [2.05, 4.69) is 60.7 Å². The van der Waals surface area contributed by atoms with Crippen molar-refractivity contribution >= 4 is 44.2 Å². The summed E-state index contributed by atoms with van der Waals surface area (Å²) in [5.74, 6) is 1.70. The summed E-state index contributed by atoms with van der Waals surface area (Å²) in [5.41, 5.74) is 11.5. The third-order valence-electron chi connectivity index (χ3n) is 5.33. The number of thiazole rings is 1. The van der Waals surface area contributed by atoms with Gasteiger partial charge in [-0.1, -0.05) is 31.3 Å². The van der Waals surface area contributed by atoms with Gasteiger partial charge in [-0.15, -0.1) is 0 Å². The van der Waals surface area contributed by atoms with E-state index >= 15 is 0 Å². The van der Waals surface area contributed by atoms with Crippen LogP contribution in [0.4, 0.5) is 11.5 Å². The highest BCUT2D eigenvalue weighted by atomic mass is 32.1. The van der Waals surface area contributed by atoms with Gasteiger partial charge in [-0.2, -0.15) is 0 Å². The minimum absolute atomic E-state index is 0.481. The molecule has 5 rings (SSSR count). The molecule has 4 heterocycles. The second-order valence-corrected chi connectivity index (χ2v) is 8.89. The summed E-state index contributed by atoms with van der Waals surface area (Å²) in [7, 11) is 0. The fourth-order valence-electron chi connectivity index (χ4n) is 3.62. The van der Waals surface area contributed by atoms with Crippen LogP contribution in [-0.2, 0) is 19.4 Å². The second kappa shape index (κ2) is 11.7. The zero-order valence-corrected chi connectivity index (χ0v) is 21.1. The Balaban J connectivity index is 0.00000141. The van der Waals surface area contributed by atoms with Gasteiger partial charge in [0.1, 0.15) is 22.5 Å². The van der Waals surface area contributed by atoms with Crippen molar-refractivity contribution < 1.29 is 0 Å². The van der Waals surface area contributed by atoms with Crippen molar-refractivity contribution in [2.75, 3.05) is 24.1 Å². The first-order valence-electron chi connectivity index (χ1n) is 11.9. The maximum Gasteiger partial charge on any atom is 0.157 e. The average molecular weight is 490 g/mol. The smallest absolute Gasteiger partial charge is 0.157 e. The number of nitrogens with two attached hydrogens (primary N) is 1. The summed E-state index contributed by atoms with van der Waals surface area (Å²) in [6.07, 6.45) is 4.96. The first kappa shape index (κ1) is 24.5. The summed E-state index contributed by atoms with van der Waals surface area (Å²) in [6.45, 7) is 8.25. The van der Waals surface area contributed by atoms with E-state index in [0.29, 0.717) is 18.1 Å². The van der Waals surface area contributed by atoms with Crippen LogP contribution in [0.25, 0.3) is 21.4 Å². The van der Waals surface area contributed by atoms with Crippen molar-refractivity contribution in [1.82, 2.24) is 35.2 Å². The van der Waals surface area contributed by atoms with E-state index in [1.165, 1.54) is 5.56 Å². The monoisotopic (exact) mass is 489 g/mol. The van der Waals surface area contributed by atoms with Crippen LogP contribution in [0.15, 0.2) is 42.9 Å². The van der Waals surface area contributed by atoms with E-state index in [0.717, 1.165) is 63.8 Å². The maximum absolute atomic E-state index is 5.98. The zero-order valence-electron chi connectivity index (χ0n) is 20.3. The Morgan fingerprint density at radius 1 is 1.03 bits per heavy atom. The molecule has 0 aliphatic heterocycles. The zero-order chi connectivity index (χ0) is 24.6. The first-order valence-corrected chi connectivity index (χ1v) is 12.7. The van der Waals surface area contributed by atoms with Crippen molar-refractivity contribution in [3.8, 4) is 0 Å². The lowest BCUT2D eigenvalue weighted by Crippen LogP contribution is -2.20. The number of nitrogens with zero attached hydrogens (tertiary/aromatic N) is 5. The number of aromatic amines is 1. The number of anilines is 2. The Morgan fingerprint density at radius 2 is 1.89 bits per heavy atom. The molecular formula is C25H31N9S. The molecule has 0 radical (unpaired) electrons. The molecule has 10 heteroatoms. The number of fused-ring (bicyclic) bond motifs is 2. The minimum Gasteiger partial charge on any atom is -0.397 e. The van der Waals surface area contributed by atoms with Crippen molar-refractivity contribution in [3.05, 3.63) is 64.9 Å². The van der Waals surface area contributed by atoms with Crippen LogP contribution < -0.4 is 16.4 Å². The van der Waals surface area contributed by atoms with Gasteiger partial charge >= 0.3 is 0 Å². The summed E-state index contributed by atoms with van der Waals surface area (Å²) < 4.78 is 0. The van der Waals surface area contributed by atoms with Crippen LogP contribution in [0, 0.1) is 6.92 Å². The number of aromatic nitrogens is 6. The van der Waals surface area contributed by atoms with Crippen LogP contribution in [0.3, 0.4) is 0 Å². The van der Waals surface area contributed by atoms with Gasteiger partial charge < -0.3 is 21.4 Å². The van der Waals surface area contributed by atoms with E-state index in [9.17, 15) is 0 Å². The van der Waals surface area contributed by atoms with Gasteiger partial charge in [-0.05, 0) is 36.8 Å². The predicted molar refractivity (Wildman–Crippen MR) is 144 cm³/mol. The molecule has 35 heavy (non-hydrogen) atoms. The SMILES string of the molecule is CC.Cc1ccc2nc(CCNCCc3nc4c(NCc5ncccc5N)ncnc4s3)[nH]c2c1. The van der Waals surface area contributed by atoms with Gasteiger partial charge in [0, 0.05) is 32.1 Å². The highest BCUT2D eigenvalue weighted by molar-refractivity contribution is 7.18. The molecule has 9 nitrogen and oxygen atoms in total. The van der Waals surface area contributed by atoms with Crippen LogP contribution in [0.5, 0.6) is 0 Å². The Kier molecular flexibility index (Phi) is 8.17. The number of hydrogen-bond donors (Lipinski definition) is 4. The minimum atomic E-state index is 0.481. The number of benzene rings is 1. The number of rotatable bonds is 9. The van der Waals surface area contributed by atoms with Crippen molar-refractivity contribution in [1.29, 1.82) is 0 Å². The lowest BCUT2D eigenvalue weighted by molar-refractivity contribution is 0.670. The van der Waals surface area contributed by atoms with Gasteiger partial charge in [0.2, 0.25) is 0 Å². The topological polar surface area (TPSA) is 130 Å². The Hall–Kier alpha value is -3.63. The van der Waals surface area contributed by atoms with E-state index < -0.39 is 0 Å². The number of H-pyrrole nitrogens is 1. The molecule has 5 N–H and O–H groups in total. The Bertz CT molecular complexity index is 1390. The van der Waals surface area contributed by atoms with Crippen molar-refractivity contribution in [3.63, 3.8) is 0 Å². The fourth-order valence-corrected chi connectivity index (χ4v) is 4.52. The average Bonchev–Trinajstić information content (AvgIpc) is 3.48. The number of nitrogens with one attached hydrogen (secondary N) is 3. The van der Waals surface area contributed by atoms with Gasteiger partial charge in [0.05, 0.1) is 34.0 Å². The largest absolute Gasteiger partial charge is 0.397 e. The maximum atomic E-state index is 5.98. The fraction of sp³-hybridized carbons (Fsp3) is 0.320. The Labute approximate surface area is 208 Å². The van der Waals surface area contributed by atoms with E-state index in [1.807, 2.05) is 26.0 Å². The van der Waals surface area contributed by atoms with Gasteiger partial charge in [0.25, 0.3) is 0 Å². The molecule has 5 aromatic rings. The molecule has 0 saturated carbocycles. The molecule has 0 aliphatic carbocycles. The van der Waals surface area contributed by atoms with Crippen LogP contribution in [0.2, 0.25) is 0 Å². The molecule has 0 amide bonds. The van der Waals surface area contributed by atoms with Crippen LogP contribution in [-0.4, -0.2) is 43.0 Å². The number of hydrogen-bond acceptors (Lipinski definition) is 9. The third-order valence-corrected chi connectivity index (χ3v) is 6.35. The highest BCUT2D eigenvalue weighted by Gasteiger charge is 2.11. The van der Waals surface area contributed by atoms with E-state index in [1.54, 1.807) is 23.9 Å². The standard InChI is InChI=1S/C23H25N9S.C2H6/c1-14-4-5-16-17(11-14)31-19(30-16)6-9-25-10-7-20-32-21-22(28-13-29-23(21)33-20)27-12-18-15(24)3-2-8-26-18;1-2/h2-5,8,11,13,25H,6-7,9-10,12,24H2,1H3,(H,30,31)(H,27,28,29);1-2H3. The normalized spacial score (nSPS) is 10.9. The molecule has 0 bridgehead atoms. The molecule has 0 spiro atoms. The second-order valence-electron chi connectivity index (χ2n) is 7.83.